The standard InChI is InChI=1S/C23H22N2S4/c1-4-5-14-6-8-16(28-14)18-20-23(27-11-24-20)19(21-22(18)26-12-25-21)17-9-7-15(29-17)10-13(2)3/h6-9,11-13H,4-5,10H2,1-3H3. The van der Waals surface area contributed by atoms with E-state index in [0.29, 0.717) is 5.92 Å². The summed E-state index contributed by atoms with van der Waals surface area (Å²) in [5, 5.41) is 0. The Labute approximate surface area is 186 Å². The number of hydrogen-bond donors (Lipinski definition) is 0. The number of thiophene rings is 2. The van der Waals surface area contributed by atoms with Crippen molar-refractivity contribution in [3.05, 3.63) is 45.0 Å². The zero-order valence-electron chi connectivity index (χ0n) is 16.7. The highest BCUT2D eigenvalue weighted by Crippen LogP contribution is 2.48. The van der Waals surface area contributed by atoms with Gasteiger partial charge >= 0.3 is 0 Å². The van der Waals surface area contributed by atoms with Gasteiger partial charge in [0.15, 0.2) is 0 Å². The summed E-state index contributed by atoms with van der Waals surface area (Å²) >= 11 is 7.30. The van der Waals surface area contributed by atoms with Crippen LogP contribution in [0.3, 0.4) is 0 Å². The molecule has 0 saturated heterocycles. The first-order valence-corrected chi connectivity index (χ1v) is 13.4. The van der Waals surface area contributed by atoms with Crippen molar-refractivity contribution >= 4 is 65.8 Å². The minimum atomic E-state index is 0.669. The number of nitrogens with zero attached hydrogens (tertiary/aromatic N) is 2. The van der Waals surface area contributed by atoms with E-state index in [1.165, 1.54) is 46.5 Å². The van der Waals surface area contributed by atoms with Gasteiger partial charge < -0.3 is 0 Å². The van der Waals surface area contributed by atoms with Crippen LogP contribution in [0.2, 0.25) is 0 Å². The highest BCUT2D eigenvalue weighted by Gasteiger charge is 2.22. The molecule has 2 nitrogen and oxygen atoms in total. The molecule has 1 aromatic carbocycles. The second-order valence-electron chi connectivity index (χ2n) is 7.69. The Morgan fingerprint density at radius 2 is 1.34 bits per heavy atom. The van der Waals surface area contributed by atoms with Gasteiger partial charge in [0.2, 0.25) is 0 Å². The van der Waals surface area contributed by atoms with Crippen LogP contribution in [-0.2, 0) is 12.8 Å². The third-order valence-corrected chi connectivity index (χ3v) is 8.96. The molecule has 0 saturated carbocycles. The van der Waals surface area contributed by atoms with E-state index in [1.807, 2.05) is 33.7 Å². The lowest BCUT2D eigenvalue weighted by Crippen LogP contribution is -1.89. The van der Waals surface area contributed by atoms with Crippen molar-refractivity contribution in [2.75, 3.05) is 0 Å². The first-order valence-electron chi connectivity index (χ1n) is 9.96. The van der Waals surface area contributed by atoms with Crippen LogP contribution in [0, 0.1) is 5.92 Å². The quantitative estimate of drug-likeness (QED) is 0.257. The first-order chi connectivity index (χ1) is 14.2. The molecule has 4 heterocycles. The van der Waals surface area contributed by atoms with E-state index in [2.05, 4.69) is 45.0 Å². The molecule has 0 aliphatic carbocycles. The van der Waals surface area contributed by atoms with Gasteiger partial charge in [0.1, 0.15) is 0 Å². The summed E-state index contributed by atoms with van der Waals surface area (Å²) in [6.07, 6.45) is 3.45. The zero-order valence-corrected chi connectivity index (χ0v) is 20.0. The maximum absolute atomic E-state index is 4.83. The Bertz CT molecular complexity index is 1230. The average molecular weight is 455 g/mol. The van der Waals surface area contributed by atoms with E-state index in [4.69, 9.17) is 9.97 Å². The molecule has 0 aliphatic rings. The molecule has 29 heavy (non-hydrogen) atoms. The highest BCUT2D eigenvalue weighted by atomic mass is 32.1. The molecule has 148 valence electrons. The monoisotopic (exact) mass is 454 g/mol. The Morgan fingerprint density at radius 1 is 0.793 bits per heavy atom. The molecule has 5 rings (SSSR count). The van der Waals surface area contributed by atoms with Gasteiger partial charge in [-0.25, -0.2) is 9.97 Å². The van der Waals surface area contributed by atoms with Crippen LogP contribution in [0.4, 0.5) is 0 Å². The molecular weight excluding hydrogens is 433 g/mol. The number of rotatable bonds is 6. The first kappa shape index (κ1) is 19.4. The fourth-order valence-corrected chi connectivity index (χ4v) is 8.06. The van der Waals surface area contributed by atoms with E-state index in [1.54, 1.807) is 22.7 Å². The second kappa shape index (κ2) is 7.91. The molecule has 0 amide bonds. The zero-order chi connectivity index (χ0) is 20.0. The number of benzene rings is 1. The fourth-order valence-electron chi connectivity index (χ4n) is 3.79. The minimum absolute atomic E-state index is 0.669. The van der Waals surface area contributed by atoms with Crippen LogP contribution in [0.5, 0.6) is 0 Å². The van der Waals surface area contributed by atoms with E-state index < -0.39 is 0 Å². The lowest BCUT2D eigenvalue weighted by atomic mass is 10.1. The molecule has 6 heteroatoms. The smallest absolute Gasteiger partial charge is 0.0921 e. The second-order valence-corrected chi connectivity index (χ2v) is 11.7. The number of fused-ring (bicyclic) bond motifs is 2. The molecule has 0 fully saturated rings. The molecule has 0 atom stereocenters. The van der Waals surface area contributed by atoms with Crippen molar-refractivity contribution in [3.63, 3.8) is 0 Å². The van der Waals surface area contributed by atoms with Crippen LogP contribution < -0.4 is 0 Å². The average Bonchev–Trinajstić information content (AvgIpc) is 3.47. The van der Waals surface area contributed by atoms with Crippen molar-refractivity contribution in [1.82, 2.24) is 9.97 Å². The molecule has 0 radical (unpaired) electrons. The van der Waals surface area contributed by atoms with Gasteiger partial charge in [-0.1, -0.05) is 27.2 Å². The predicted octanol–water partition coefficient (Wildman–Crippen LogP) is 8.51. The molecule has 5 aromatic rings. The van der Waals surface area contributed by atoms with Gasteiger partial charge in [0.25, 0.3) is 0 Å². The molecule has 0 N–H and O–H groups in total. The summed E-state index contributed by atoms with van der Waals surface area (Å²) in [4.78, 5) is 15.2. The third kappa shape index (κ3) is 3.46. The molecule has 0 aliphatic heterocycles. The van der Waals surface area contributed by atoms with Crippen molar-refractivity contribution < 1.29 is 0 Å². The van der Waals surface area contributed by atoms with Gasteiger partial charge in [-0.3, -0.25) is 0 Å². The lowest BCUT2D eigenvalue weighted by molar-refractivity contribution is 0.654. The predicted molar refractivity (Wildman–Crippen MR) is 132 cm³/mol. The fraction of sp³-hybridized carbons (Fsp3) is 0.304. The normalized spacial score (nSPS) is 12.0. The van der Waals surface area contributed by atoms with Crippen LogP contribution in [0.25, 0.3) is 41.3 Å². The summed E-state index contributed by atoms with van der Waals surface area (Å²) < 4.78 is 2.53. The van der Waals surface area contributed by atoms with Gasteiger partial charge in [-0.15, -0.1) is 45.3 Å². The number of aromatic nitrogens is 2. The highest BCUT2D eigenvalue weighted by molar-refractivity contribution is 7.22. The maximum Gasteiger partial charge on any atom is 0.0921 e. The van der Waals surface area contributed by atoms with Gasteiger partial charge in [0, 0.05) is 30.6 Å². The number of aryl methyl sites for hydroxylation is 1. The Hall–Kier alpha value is -1.60. The summed E-state index contributed by atoms with van der Waals surface area (Å²) in [5.74, 6) is 0.669. The maximum atomic E-state index is 4.83. The van der Waals surface area contributed by atoms with E-state index in [-0.39, 0.29) is 0 Å². The summed E-state index contributed by atoms with van der Waals surface area (Å²) in [6, 6.07) is 9.11. The largest absolute Gasteiger partial charge is 0.244 e. The van der Waals surface area contributed by atoms with Crippen molar-refractivity contribution in [2.24, 2.45) is 5.92 Å². The summed E-state index contributed by atoms with van der Waals surface area (Å²) in [5.41, 5.74) is 8.78. The van der Waals surface area contributed by atoms with Gasteiger partial charge in [-0.05, 0) is 43.0 Å². The Balaban J connectivity index is 1.74. The molecule has 4 aromatic heterocycles. The van der Waals surface area contributed by atoms with E-state index in [9.17, 15) is 0 Å². The van der Waals surface area contributed by atoms with Crippen LogP contribution >= 0.6 is 45.3 Å². The van der Waals surface area contributed by atoms with Crippen LogP contribution in [0.15, 0.2) is 35.3 Å². The van der Waals surface area contributed by atoms with Crippen molar-refractivity contribution in [3.8, 4) is 20.9 Å². The van der Waals surface area contributed by atoms with E-state index >= 15 is 0 Å². The van der Waals surface area contributed by atoms with E-state index in [0.717, 1.165) is 23.9 Å². The van der Waals surface area contributed by atoms with Crippen molar-refractivity contribution in [1.29, 1.82) is 0 Å². The molecule has 0 spiro atoms. The SMILES string of the molecule is CCCc1ccc(-c2c3ncsc3c(-c3ccc(CC(C)C)s3)c3ncsc23)s1. The lowest BCUT2D eigenvalue weighted by Gasteiger charge is -2.07. The topological polar surface area (TPSA) is 25.8 Å². The number of thiazole rings is 2. The van der Waals surface area contributed by atoms with Crippen LogP contribution in [0.1, 0.15) is 36.9 Å². The number of hydrogen-bond acceptors (Lipinski definition) is 6. The summed E-state index contributed by atoms with van der Waals surface area (Å²) in [7, 11) is 0. The third-order valence-electron chi connectivity index (χ3n) is 4.98. The van der Waals surface area contributed by atoms with Gasteiger partial charge in [0.05, 0.1) is 31.5 Å². The Morgan fingerprint density at radius 3 is 1.90 bits per heavy atom. The molecular formula is C23H22N2S4. The van der Waals surface area contributed by atoms with Crippen LogP contribution in [-0.4, -0.2) is 9.97 Å². The van der Waals surface area contributed by atoms with Crippen molar-refractivity contribution in [2.45, 2.75) is 40.0 Å². The summed E-state index contributed by atoms with van der Waals surface area (Å²) in [6.45, 7) is 6.80. The molecule has 0 unspecified atom stereocenters. The Kier molecular flexibility index (Phi) is 5.28. The van der Waals surface area contributed by atoms with Gasteiger partial charge in [-0.2, -0.15) is 0 Å². The molecule has 0 bridgehead atoms. The minimum Gasteiger partial charge on any atom is -0.244 e.